The van der Waals surface area contributed by atoms with Crippen LogP contribution in [0.1, 0.15) is 24.8 Å². The van der Waals surface area contributed by atoms with E-state index in [1.807, 2.05) is 11.9 Å². The molecular formula is C14H21F2N3. The zero-order chi connectivity index (χ0) is 13.8. The predicted molar refractivity (Wildman–Crippen MR) is 74.8 cm³/mol. The topological polar surface area (TPSA) is 32.5 Å². The summed E-state index contributed by atoms with van der Waals surface area (Å²) in [5, 5.41) is 0. The van der Waals surface area contributed by atoms with Gasteiger partial charge in [-0.25, -0.2) is 8.78 Å². The van der Waals surface area contributed by atoms with E-state index in [0.717, 1.165) is 26.2 Å². The van der Waals surface area contributed by atoms with Crippen molar-refractivity contribution in [3.63, 3.8) is 0 Å². The molecule has 0 saturated carbocycles. The van der Waals surface area contributed by atoms with Gasteiger partial charge < -0.3 is 15.5 Å². The molecule has 0 atom stereocenters. The fourth-order valence-corrected chi connectivity index (χ4v) is 2.51. The van der Waals surface area contributed by atoms with Crippen LogP contribution in [0.2, 0.25) is 0 Å². The zero-order valence-electron chi connectivity index (χ0n) is 11.3. The predicted octanol–water partition coefficient (Wildman–Crippen LogP) is 2.74. The highest BCUT2D eigenvalue weighted by atomic mass is 19.3. The molecule has 0 aromatic heterocycles. The van der Waals surface area contributed by atoms with Crippen LogP contribution in [0.3, 0.4) is 0 Å². The Morgan fingerprint density at radius 2 is 2.00 bits per heavy atom. The Morgan fingerprint density at radius 3 is 2.63 bits per heavy atom. The van der Waals surface area contributed by atoms with E-state index in [4.69, 9.17) is 5.73 Å². The average Bonchev–Trinajstić information content (AvgIpc) is 2.88. The third-order valence-electron chi connectivity index (χ3n) is 3.65. The average molecular weight is 269 g/mol. The number of anilines is 2. The lowest BCUT2D eigenvalue weighted by molar-refractivity contribution is 0.152. The van der Waals surface area contributed by atoms with Gasteiger partial charge >= 0.3 is 0 Å². The molecule has 0 aliphatic carbocycles. The van der Waals surface area contributed by atoms with Crippen molar-refractivity contribution in [2.75, 3.05) is 43.9 Å². The van der Waals surface area contributed by atoms with Crippen molar-refractivity contribution in [1.29, 1.82) is 0 Å². The van der Waals surface area contributed by atoms with Crippen molar-refractivity contribution in [3.8, 4) is 0 Å². The van der Waals surface area contributed by atoms with Crippen LogP contribution in [-0.2, 0) is 0 Å². The van der Waals surface area contributed by atoms with Gasteiger partial charge in [0.2, 0.25) is 0 Å². The number of rotatable bonds is 5. The van der Waals surface area contributed by atoms with Gasteiger partial charge in [-0.3, -0.25) is 0 Å². The van der Waals surface area contributed by atoms with Crippen LogP contribution in [-0.4, -0.2) is 38.1 Å². The van der Waals surface area contributed by atoms with Gasteiger partial charge in [-0.1, -0.05) is 0 Å². The standard InChI is InChI=1S/C14H21F2N3/c1-18(8-9-19-6-2-3-7-19)13-5-4-11(17)10-12(13)14(15)16/h4-5,10,14H,2-3,6-9,17H2,1H3. The summed E-state index contributed by atoms with van der Waals surface area (Å²) in [6.45, 7) is 3.92. The van der Waals surface area contributed by atoms with Crippen molar-refractivity contribution in [3.05, 3.63) is 23.8 Å². The smallest absolute Gasteiger partial charge is 0.265 e. The normalized spacial score (nSPS) is 16.2. The molecule has 3 nitrogen and oxygen atoms in total. The molecule has 19 heavy (non-hydrogen) atoms. The number of nitrogens with two attached hydrogens (primary N) is 1. The monoisotopic (exact) mass is 269 g/mol. The maximum atomic E-state index is 13.0. The molecule has 1 aromatic carbocycles. The van der Waals surface area contributed by atoms with Gasteiger partial charge in [-0.2, -0.15) is 0 Å². The first-order chi connectivity index (χ1) is 9.08. The lowest BCUT2D eigenvalue weighted by atomic mass is 10.1. The van der Waals surface area contributed by atoms with Gasteiger partial charge in [0.1, 0.15) is 0 Å². The minimum absolute atomic E-state index is 0.0175. The third kappa shape index (κ3) is 3.56. The Labute approximate surface area is 113 Å². The number of nitrogens with zero attached hydrogens (tertiary/aromatic N) is 2. The summed E-state index contributed by atoms with van der Waals surface area (Å²) >= 11 is 0. The Kier molecular flexibility index (Phi) is 4.58. The highest BCUT2D eigenvalue weighted by Crippen LogP contribution is 2.31. The van der Waals surface area contributed by atoms with Gasteiger partial charge in [0.25, 0.3) is 6.43 Å². The number of benzene rings is 1. The summed E-state index contributed by atoms with van der Waals surface area (Å²) in [5.74, 6) is 0. The largest absolute Gasteiger partial charge is 0.399 e. The van der Waals surface area contributed by atoms with Crippen LogP contribution < -0.4 is 10.6 Å². The van der Waals surface area contributed by atoms with E-state index in [1.54, 1.807) is 12.1 Å². The molecule has 1 saturated heterocycles. The van der Waals surface area contributed by atoms with Gasteiger partial charge in [0.05, 0.1) is 0 Å². The first-order valence-electron chi connectivity index (χ1n) is 6.69. The first kappa shape index (κ1) is 14.1. The summed E-state index contributed by atoms with van der Waals surface area (Å²) < 4.78 is 26.0. The lowest BCUT2D eigenvalue weighted by Gasteiger charge is -2.25. The highest BCUT2D eigenvalue weighted by molar-refractivity contribution is 5.59. The van der Waals surface area contributed by atoms with Crippen LogP contribution >= 0.6 is 0 Å². The van der Waals surface area contributed by atoms with Crippen molar-refractivity contribution < 1.29 is 8.78 Å². The Bertz CT molecular complexity index is 417. The van der Waals surface area contributed by atoms with E-state index in [0.29, 0.717) is 11.4 Å². The van der Waals surface area contributed by atoms with E-state index >= 15 is 0 Å². The molecule has 1 aliphatic heterocycles. The minimum atomic E-state index is -2.49. The highest BCUT2D eigenvalue weighted by Gasteiger charge is 2.17. The van der Waals surface area contributed by atoms with Gasteiger partial charge in [-0.15, -0.1) is 0 Å². The quantitative estimate of drug-likeness (QED) is 0.834. The van der Waals surface area contributed by atoms with Crippen molar-refractivity contribution in [1.82, 2.24) is 4.90 Å². The number of halogens is 2. The molecule has 0 unspecified atom stereocenters. The van der Waals surface area contributed by atoms with Crippen molar-refractivity contribution >= 4 is 11.4 Å². The molecule has 0 bridgehead atoms. The van der Waals surface area contributed by atoms with Crippen LogP contribution in [0, 0.1) is 0 Å². The fourth-order valence-electron chi connectivity index (χ4n) is 2.51. The van der Waals surface area contributed by atoms with Crippen LogP contribution in [0.5, 0.6) is 0 Å². The van der Waals surface area contributed by atoms with E-state index in [-0.39, 0.29) is 5.56 Å². The van der Waals surface area contributed by atoms with E-state index in [1.165, 1.54) is 18.9 Å². The Morgan fingerprint density at radius 1 is 1.32 bits per heavy atom. The van der Waals surface area contributed by atoms with Crippen LogP contribution in [0.25, 0.3) is 0 Å². The third-order valence-corrected chi connectivity index (χ3v) is 3.65. The molecule has 0 radical (unpaired) electrons. The molecule has 2 rings (SSSR count). The number of nitrogen functional groups attached to an aromatic ring is 1. The van der Waals surface area contributed by atoms with Gasteiger partial charge in [0, 0.05) is 37.1 Å². The molecular weight excluding hydrogens is 248 g/mol. The Hall–Kier alpha value is -1.36. The van der Waals surface area contributed by atoms with E-state index < -0.39 is 6.43 Å². The molecule has 0 amide bonds. The molecule has 2 N–H and O–H groups in total. The lowest BCUT2D eigenvalue weighted by Crippen LogP contribution is -2.31. The summed E-state index contributed by atoms with van der Waals surface area (Å²) in [6.07, 6.45) is -0.00500. The molecule has 1 fully saturated rings. The summed E-state index contributed by atoms with van der Waals surface area (Å²) in [6, 6.07) is 4.72. The van der Waals surface area contributed by atoms with Crippen molar-refractivity contribution in [2.45, 2.75) is 19.3 Å². The second-order valence-electron chi connectivity index (χ2n) is 5.09. The number of alkyl halides is 2. The van der Waals surface area contributed by atoms with E-state index in [2.05, 4.69) is 4.90 Å². The SMILES string of the molecule is CN(CCN1CCCC1)c1ccc(N)cc1C(F)F. The fraction of sp³-hybridized carbons (Fsp3) is 0.571. The molecule has 106 valence electrons. The second kappa shape index (κ2) is 6.19. The van der Waals surface area contributed by atoms with Crippen molar-refractivity contribution in [2.24, 2.45) is 0 Å². The van der Waals surface area contributed by atoms with E-state index in [9.17, 15) is 8.78 Å². The minimum Gasteiger partial charge on any atom is -0.399 e. The molecule has 1 aromatic rings. The molecule has 1 heterocycles. The van der Waals surface area contributed by atoms with Crippen LogP contribution in [0.4, 0.5) is 20.2 Å². The number of likely N-dealkylation sites (tertiary alicyclic amines) is 1. The summed E-state index contributed by atoms with van der Waals surface area (Å²) in [4.78, 5) is 4.26. The number of hydrogen-bond donors (Lipinski definition) is 1. The molecule has 5 heteroatoms. The molecule has 1 aliphatic rings. The number of hydrogen-bond acceptors (Lipinski definition) is 3. The second-order valence-corrected chi connectivity index (χ2v) is 5.09. The maximum Gasteiger partial charge on any atom is 0.265 e. The zero-order valence-corrected chi connectivity index (χ0v) is 11.3. The first-order valence-corrected chi connectivity index (χ1v) is 6.69. The summed E-state index contributed by atoms with van der Waals surface area (Å²) in [5.41, 5.74) is 6.55. The van der Waals surface area contributed by atoms with Gasteiger partial charge in [-0.05, 0) is 44.1 Å². The molecule has 0 spiro atoms. The van der Waals surface area contributed by atoms with Crippen LogP contribution in [0.15, 0.2) is 18.2 Å². The van der Waals surface area contributed by atoms with Gasteiger partial charge in [0.15, 0.2) is 0 Å². The Balaban J connectivity index is 2.02. The maximum absolute atomic E-state index is 13.0. The number of likely N-dealkylation sites (N-methyl/N-ethyl adjacent to an activating group) is 1. The summed E-state index contributed by atoms with van der Waals surface area (Å²) in [7, 11) is 1.85.